The number of benzene rings is 2. The molecule has 0 spiro atoms. The molecule has 0 atom stereocenters. The summed E-state index contributed by atoms with van der Waals surface area (Å²) < 4.78 is 62.8. The van der Waals surface area contributed by atoms with Crippen LogP contribution < -0.4 is 14.4 Å². The van der Waals surface area contributed by atoms with E-state index in [4.69, 9.17) is 30.9 Å². The number of sulfone groups is 2. The average Bonchev–Trinajstić information content (AvgIpc) is 3.59. The molecule has 0 N–H and O–H groups in total. The van der Waals surface area contributed by atoms with Gasteiger partial charge in [-0.25, -0.2) is 26.8 Å². The number of ether oxygens (including phenoxy) is 2. The fourth-order valence-corrected chi connectivity index (χ4v) is 6.67. The van der Waals surface area contributed by atoms with Crippen LogP contribution in [0.2, 0.25) is 5.15 Å². The summed E-state index contributed by atoms with van der Waals surface area (Å²) >= 11 is 5.85. The molecule has 53 heavy (non-hydrogen) atoms. The Labute approximate surface area is 312 Å². The van der Waals surface area contributed by atoms with Gasteiger partial charge in [-0.3, -0.25) is 0 Å². The lowest BCUT2D eigenvalue weighted by Gasteiger charge is -2.31. The van der Waals surface area contributed by atoms with Gasteiger partial charge in [0.15, 0.2) is 36.2 Å². The molecule has 3 aromatic heterocycles. The van der Waals surface area contributed by atoms with Crippen molar-refractivity contribution in [3.05, 3.63) is 88.7 Å². The molecule has 1 saturated heterocycles. The van der Waals surface area contributed by atoms with Crippen molar-refractivity contribution in [2.75, 3.05) is 30.5 Å². The molecule has 2 aromatic carbocycles. The minimum Gasteiger partial charge on any atom is -0.439 e. The zero-order valence-electron chi connectivity index (χ0n) is 29.8. The van der Waals surface area contributed by atoms with Crippen molar-refractivity contribution in [2.24, 2.45) is 0 Å². The number of piperidine rings is 1. The summed E-state index contributed by atoms with van der Waals surface area (Å²) in [6.45, 7) is 9.16. The van der Waals surface area contributed by atoms with Crippen LogP contribution in [-0.2, 0) is 19.7 Å². The van der Waals surface area contributed by atoms with E-state index in [0.29, 0.717) is 34.9 Å². The van der Waals surface area contributed by atoms with Crippen molar-refractivity contribution >= 4 is 37.1 Å². The third-order valence-corrected chi connectivity index (χ3v) is 10.5. The molecule has 1 aliphatic heterocycles. The van der Waals surface area contributed by atoms with Gasteiger partial charge in [-0.15, -0.1) is 0 Å². The first-order chi connectivity index (χ1) is 25.0. The van der Waals surface area contributed by atoms with E-state index in [9.17, 15) is 16.8 Å². The number of aryl methyl sites for hydroxylation is 2. The Kier molecular flexibility index (Phi) is 12.0. The Hall–Kier alpha value is -5.18. The molecule has 0 aliphatic carbocycles. The molecular weight excluding hydrogens is 744 g/mol. The first kappa shape index (κ1) is 39.0. The fourth-order valence-electron chi connectivity index (χ4n) is 5.17. The van der Waals surface area contributed by atoms with Crippen molar-refractivity contribution in [3.8, 4) is 29.3 Å². The second kappa shape index (κ2) is 16.2. The van der Waals surface area contributed by atoms with Crippen molar-refractivity contribution in [1.82, 2.24) is 30.1 Å². The minimum atomic E-state index is -3.27. The van der Waals surface area contributed by atoms with E-state index in [0.717, 1.165) is 43.8 Å². The molecule has 15 nitrogen and oxygen atoms in total. The van der Waals surface area contributed by atoms with E-state index in [1.54, 1.807) is 25.1 Å². The molecule has 0 amide bonds. The molecular formula is C35H37ClN8O7S2. The second-order valence-electron chi connectivity index (χ2n) is 12.6. The number of hydrogen-bond acceptors (Lipinski definition) is 15. The van der Waals surface area contributed by atoms with Crippen LogP contribution in [-0.4, -0.2) is 72.5 Å². The zero-order valence-corrected chi connectivity index (χ0v) is 32.2. The van der Waals surface area contributed by atoms with Gasteiger partial charge in [-0.1, -0.05) is 30.6 Å². The Morgan fingerprint density at radius 1 is 0.830 bits per heavy atom. The summed E-state index contributed by atoms with van der Waals surface area (Å²) in [6.07, 6.45) is 4.08. The van der Waals surface area contributed by atoms with Gasteiger partial charge in [0, 0.05) is 43.5 Å². The molecule has 1 aliphatic rings. The SMILES string of the molecule is Cc1nc(Cl)c(C#N)c(Oc2ccc(S(C)(=O)=O)cc2)n1.Cc1nc(Oc2ccc(S(C)(=O)=O)cc2)cc(N2CCC(c3nc(C(C)C)no3)CC2)n1. The van der Waals surface area contributed by atoms with E-state index in [1.807, 2.05) is 26.8 Å². The van der Waals surface area contributed by atoms with Gasteiger partial charge in [0.2, 0.25) is 17.7 Å². The maximum absolute atomic E-state index is 11.6. The maximum atomic E-state index is 11.6. The quantitative estimate of drug-likeness (QED) is 0.149. The summed E-state index contributed by atoms with van der Waals surface area (Å²) in [5.41, 5.74) is 0.0226. The smallest absolute Gasteiger partial charge is 0.242 e. The molecule has 0 unspecified atom stereocenters. The normalized spacial score (nSPS) is 13.6. The fraction of sp³-hybridized carbons (Fsp3) is 0.343. The van der Waals surface area contributed by atoms with Gasteiger partial charge in [0.1, 0.15) is 35.0 Å². The van der Waals surface area contributed by atoms with Gasteiger partial charge in [-0.2, -0.15) is 20.2 Å². The van der Waals surface area contributed by atoms with Gasteiger partial charge < -0.3 is 18.9 Å². The molecule has 6 rings (SSSR count). The lowest BCUT2D eigenvalue weighted by molar-refractivity contribution is 0.325. The van der Waals surface area contributed by atoms with Crippen LogP contribution in [0.3, 0.4) is 0 Å². The standard InChI is InChI=1S/C22H27N5O4S.C13H10ClN3O3S/c1-14(2)21-25-22(31-26-21)16-9-11-27(12-10-16)19-13-20(24-15(3)23-19)30-17-5-7-18(8-6-17)32(4,28)29;1-8-16-12(14)11(7-15)13(17-8)20-9-3-5-10(6-4-9)21(2,18)19/h5-8,13-14,16H,9-12H2,1-4H3;3-6H,1-2H3. The van der Waals surface area contributed by atoms with Crippen LogP contribution in [0.5, 0.6) is 23.3 Å². The topological polar surface area (TPSA) is 204 Å². The number of nitrogens with zero attached hydrogens (tertiary/aromatic N) is 8. The minimum absolute atomic E-state index is 0.00718. The summed E-state index contributed by atoms with van der Waals surface area (Å²) in [7, 11) is -6.52. The zero-order chi connectivity index (χ0) is 38.5. The average molecular weight is 781 g/mol. The number of halogens is 1. The van der Waals surface area contributed by atoms with Crippen LogP contribution in [0.15, 0.2) is 68.9 Å². The second-order valence-corrected chi connectivity index (χ2v) is 17.0. The van der Waals surface area contributed by atoms with Gasteiger partial charge in [0.05, 0.1) is 9.79 Å². The molecule has 18 heteroatoms. The van der Waals surface area contributed by atoms with Crippen molar-refractivity contribution in [2.45, 2.75) is 62.2 Å². The van der Waals surface area contributed by atoms with Gasteiger partial charge in [-0.05, 0) is 75.2 Å². The maximum Gasteiger partial charge on any atom is 0.242 e. The lowest BCUT2D eigenvalue weighted by atomic mass is 9.97. The Balaban J connectivity index is 0.000000224. The predicted molar refractivity (Wildman–Crippen MR) is 195 cm³/mol. The van der Waals surface area contributed by atoms with Crippen LogP contribution in [0.4, 0.5) is 5.82 Å². The largest absolute Gasteiger partial charge is 0.439 e. The number of anilines is 1. The Bertz CT molecular complexity index is 2340. The van der Waals surface area contributed by atoms with E-state index in [-0.39, 0.29) is 38.2 Å². The number of rotatable bonds is 9. The Morgan fingerprint density at radius 2 is 1.38 bits per heavy atom. The number of nitriles is 1. The number of aromatic nitrogens is 6. The molecule has 0 radical (unpaired) electrons. The summed E-state index contributed by atoms with van der Waals surface area (Å²) in [5, 5.41) is 13.1. The Morgan fingerprint density at radius 3 is 1.89 bits per heavy atom. The highest BCUT2D eigenvalue weighted by molar-refractivity contribution is 7.91. The third kappa shape index (κ3) is 10.2. The highest BCUT2D eigenvalue weighted by Crippen LogP contribution is 2.32. The molecule has 278 valence electrons. The highest BCUT2D eigenvalue weighted by atomic mass is 35.5. The van der Waals surface area contributed by atoms with E-state index in [2.05, 4.69) is 35.0 Å². The van der Waals surface area contributed by atoms with Crippen molar-refractivity contribution in [1.29, 1.82) is 5.26 Å². The van der Waals surface area contributed by atoms with E-state index >= 15 is 0 Å². The van der Waals surface area contributed by atoms with E-state index < -0.39 is 19.7 Å². The van der Waals surface area contributed by atoms with Crippen LogP contribution in [0, 0.1) is 25.2 Å². The number of hydrogen-bond donors (Lipinski definition) is 0. The molecule has 0 saturated carbocycles. The van der Waals surface area contributed by atoms with Crippen molar-refractivity contribution < 1.29 is 30.8 Å². The molecule has 1 fully saturated rings. The summed E-state index contributed by atoms with van der Waals surface area (Å²) in [6, 6.07) is 15.7. The van der Waals surface area contributed by atoms with Gasteiger partial charge >= 0.3 is 0 Å². The molecule has 4 heterocycles. The third-order valence-electron chi connectivity index (χ3n) is 7.94. The highest BCUT2D eigenvalue weighted by Gasteiger charge is 2.27. The van der Waals surface area contributed by atoms with Crippen LogP contribution in [0.25, 0.3) is 0 Å². The first-order valence-corrected chi connectivity index (χ1v) is 20.5. The summed E-state index contributed by atoms with van der Waals surface area (Å²) in [4.78, 5) is 24.0. The van der Waals surface area contributed by atoms with Crippen LogP contribution in [0.1, 0.15) is 67.5 Å². The van der Waals surface area contributed by atoms with Gasteiger partial charge in [0.25, 0.3) is 0 Å². The predicted octanol–water partition coefficient (Wildman–Crippen LogP) is 6.38. The first-order valence-electron chi connectivity index (χ1n) is 16.3. The van der Waals surface area contributed by atoms with Crippen molar-refractivity contribution in [3.63, 3.8) is 0 Å². The van der Waals surface area contributed by atoms with Crippen LogP contribution >= 0.6 is 11.6 Å². The van der Waals surface area contributed by atoms with E-state index in [1.165, 1.54) is 42.7 Å². The lowest BCUT2D eigenvalue weighted by Crippen LogP contribution is -2.33. The molecule has 5 aromatic rings. The summed E-state index contributed by atoms with van der Waals surface area (Å²) in [5.74, 6) is 5.03. The molecule has 0 bridgehead atoms. The monoisotopic (exact) mass is 780 g/mol.